The Morgan fingerprint density at radius 3 is 2.70 bits per heavy atom. The van der Waals surface area contributed by atoms with E-state index in [2.05, 4.69) is 33.9 Å². The molecule has 5 nitrogen and oxygen atoms in total. The minimum atomic E-state index is -0.455. The van der Waals surface area contributed by atoms with Crippen LogP contribution < -0.4 is 0 Å². The van der Waals surface area contributed by atoms with Gasteiger partial charge in [0.25, 0.3) is 0 Å². The smallest absolute Gasteiger partial charge is 0.181 e. The van der Waals surface area contributed by atoms with E-state index in [9.17, 15) is 4.39 Å². The number of aromatic nitrogens is 5. The van der Waals surface area contributed by atoms with Crippen molar-refractivity contribution in [1.82, 2.24) is 24.7 Å². The molecule has 20 heavy (non-hydrogen) atoms. The fraction of sp³-hybridized carbons (Fsp3) is 0.286. The Morgan fingerprint density at radius 2 is 2.00 bits per heavy atom. The number of pyridine rings is 1. The number of hydrogen-bond donors (Lipinski definition) is 0. The Morgan fingerprint density at radius 1 is 1.20 bits per heavy atom. The topological polar surface area (TPSA) is 56.5 Å². The molecule has 0 spiro atoms. The Kier molecular flexibility index (Phi) is 2.93. The lowest BCUT2D eigenvalue weighted by Gasteiger charge is -2.06. The van der Waals surface area contributed by atoms with Crippen LogP contribution in [-0.2, 0) is 7.05 Å². The van der Waals surface area contributed by atoms with Crippen LogP contribution in [0.5, 0.6) is 0 Å². The minimum Gasteiger partial charge on any atom is -0.270 e. The van der Waals surface area contributed by atoms with Crippen molar-refractivity contribution in [3.8, 4) is 11.3 Å². The fourth-order valence-corrected chi connectivity index (χ4v) is 2.44. The zero-order chi connectivity index (χ0) is 14.3. The zero-order valence-corrected chi connectivity index (χ0v) is 11.5. The van der Waals surface area contributed by atoms with Crippen molar-refractivity contribution < 1.29 is 4.39 Å². The van der Waals surface area contributed by atoms with Gasteiger partial charge in [-0.1, -0.05) is 13.8 Å². The van der Waals surface area contributed by atoms with Crippen LogP contribution in [0.25, 0.3) is 22.3 Å². The van der Waals surface area contributed by atoms with Gasteiger partial charge in [0.1, 0.15) is 12.0 Å². The summed E-state index contributed by atoms with van der Waals surface area (Å²) in [7, 11) is 1.89. The van der Waals surface area contributed by atoms with E-state index in [0.29, 0.717) is 17.1 Å². The average molecular weight is 271 g/mol. The highest BCUT2D eigenvalue weighted by Gasteiger charge is 2.15. The summed E-state index contributed by atoms with van der Waals surface area (Å²) in [5, 5.41) is 5.30. The summed E-state index contributed by atoms with van der Waals surface area (Å²) in [5.41, 5.74) is 2.62. The standard InChI is InChI=1S/C14H14FN5/c1-8(2)13-10-4-9(5-17-14(10)19-20(13)3)12-11(15)6-16-7-18-12/h4-8H,1-3H3. The van der Waals surface area contributed by atoms with Gasteiger partial charge < -0.3 is 0 Å². The second-order valence-corrected chi connectivity index (χ2v) is 4.98. The lowest BCUT2D eigenvalue weighted by Crippen LogP contribution is -1.99. The van der Waals surface area contributed by atoms with Crippen molar-refractivity contribution in [1.29, 1.82) is 0 Å². The van der Waals surface area contributed by atoms with Crippen molar-refractivity contribution >= 4 is 11.0 Å². The normalized spacial score (nSPS) is 11.4. The molecule has 0 aliphatic heterocycles. The molecular formula is C14H14FN5. The average Bonchev–Trinajstić information content (AvgIpc) is 2.74. The molecule has 0 amide bonds. The Hall–Kier alpha value is -2.37. The van der Waals surface area contributed by atoms with E-state index < -0.39 is 5.82 Å². The first kappa shape index (κ1) is 12.7. The molecule has 3 heterocycles. The van der Waals surface area contributed by atoms with E-state index in [0.717, 1.165) is 17.3 Å². The van der Waals surface area contributed by atoms with Gasteiger partial charge in [-0.3, -0.25) is 4.68 Å². The Bertz CT molecular complexity index is 778. The molecule has 0 aliphatic carbocycles. The van der Waals surface area contributed by atoms with Crippen LogP contribution in [0.2, 0.25) is 0 Å². The van der Waals surface area contributed by atoms with Gasteiger partial charge in [-0.05, 0) is 12.0 Å². The number of nitrogens with zero attached hydrogens (tertiary/aromatic N) is 5. The molecule has 102 valence electrons. The first-order chi connectivity index (χ1) is 9.58. The van der Waals surface area contributed by atoms with Crippen LogP contribution in [0, 0.1) is 5.82 Å². The third-order valence-electron chi connectivity index (χ3n) is 3.22. The molecular weight excluding hydrogens is 257 g/mol. The molecule has 3 rings (SSSR count). The fourth-order valence-electron chi connectivity index (χ4n) is 2.44. The third-order valence-corrected chi connectivity index (χ3v) is 3.22. The summed E-state index contributed by atoms with van der Waals surface area (Å²) in [6, 6.07) is 1.88. The number of rotatable bonds is 2. The summed E-state index contributed by atoms with van der Waals surface area (Å²) in [6.07, 6.45) is 4.07. The first-order valence-electron chi connectivity index (χ1n) is 6.36. The maximum absolute atomic E-state index is 13.8. The minimum absolute atomic E-state index is 0.257. The van der Waals surface area contributed by atoms with Gasteiger partial charge in [0, 0.05) is 24.2 Å². The van der Waals surface area contributed by atoms with Gasteiger partial charge in [-0.15, -0.1) is 0 Å². The molecule has 0 fully saturated rings. The highest BCUT2D eigenvalue weighted by molar-refractivity contribution is 5.83. The maximum atomic E-state index is 13.8. The molecule has 0 saturated heterocycles. The van der Waals surface area contributed by atoms with E-state index >= 15 is 0 Å². The second-order valence-electron chi connectivity index (χ2n) is 4.98. The Balaban J connectivity index is 2.25. The molecule has 0 saturated carbocycles. The molecule has 0 bridgehead atoms. The highest BCUT2D eigenvalue weighted by Crippen LogP contribution is 2.28. The van der Waals surface area contributed by atoms with Gasteiger partial charge in [0.05, 0.1) is 11.9 Å². The van der Waals surface area contributed by atoms with Crippen LogP contribution in [0.3, 0.4) is 0 Å². The predicted molar refractivity (Wildman–Crippen MR) is 73.6 cm³/mol. The van der Waals surface area contributed by atoms with Crippen molar-refractivity contribution in [2.24, 2.45) is 7.05 Å². The van der Waals surface area contributed by atoms with Crippen LogP contribution >= 0.6 is 0 Å². The predicted octanol–water partition coefficient (Wildman–Crippen LogP) is 2.69. The lowest BCUT2D eigenvalue weighted by atomic mass is 10.1. The molecule has 0 atom stereocenters. The number of aryl methyl sites for hydroxylation is 1. The van der Waals surface area contributed by atoms with Crippen LogP contribution in [0.4, 0.5) is 4.39 Å². The SMILES string of the molecule is CC(C)c1c2cc(-c3ncncc3F)cnc2nn1C. The van der Waals surface area contributed by atoms with E-state index in [4.69, 9.17) is 0 Å². The van der Waals surface area contributed by atoms with E-state index in [1.165, 1.54) is 6.33 Å². The number of halogens is 1. The summed E-state index contributed by atoms with van der Waals surface area (Å²) in [5.74, 6) is -0.152. The van der Waals surface area contributed by atoms with Gasteiger partial charge in [-0.2, -0.15) is 5.10 Å². The maximum Gasteiger partial charge on any atom is 0.181 e. The van der Waals surface area contributed by atoms with E-state index in [-0.39, 0.29) is 5.69 Å². The molecule has 6 heteroatoms. The largest absolute Gasteiger partial charge is 0.270 e. The van der Waals surface area contributed by atoms with Gasteiger partial charge >= 0.3 is 0 Å². The van der Waals surface area contributed by atoms with Gasteiger partial charge in [-0.25, -0.2) is 19.3 Å². The second kappa shape index (κ2) is 4.63. The summed E-state index contributed by atoms with van der Waals surface area (Å²) in [4.78, 5) is 11.9. The molecule has 0 aliphatic rings. The monoisotopic (exact) mass is 271 g/mol. The van der Waals surface area contributed by atoms with Crippen LogP contribution in [0.15, 0.2) is 24.8 Å². The molecule has 0 radical (unpaired) electrons. The third kappa shape index (κ3) is 1.93. The zero-order valence-electron chi connectivity index (χ0n) is 11.5. The molecule has 0 N–H and O–H groups in total. The van der Waals surface area contributed by atoms with Crippen molar-refractivity contribution in [2.45, 2.75) is 19.8 Å². The van der Waals surface area contributed by atoms with Gasteiger partial charge in [0.2, 0.25) is 0 Å². The molecule has 0 aromatic carbocycles. The highest BCUT2D eigenvalue weighted by atomic mass is 19.1. The van der Waals surface area contributed by atoms with Gasteiger partial charge in [0.15, 0.2) is 11.5 Å². The first-order valence-corrected chi connectivity index (χ1v) is 6.36. The molecule has 0 unspecified atom stereocenters. The van der Waals surface area contributed by atoms with E-state index in [1.807, 2.05) is 17.8 Å². The summed E-state index contributed by atoms with van der Waals surface area (Å²) < 4.78 is 15.6. The molecule has 3 aromatic heterocycles. The Labute approximate surface area is 115 Å². The molecule has 3 aromatic rings. The van der Waals surface area contributed by atoms with Crippen molar-refractivity contribution in [3.05, 3.63) is 36.3 Å². The van der Waals surface area contributed by atoms with Crippen LogP contribution in [-0.4, -0.2) is 24.7 Å². The number of hydrogen-bond acceptors (Lipinski definition) is 4. The van der Waals surface area contributed by atoms with Crippen molar-refractivity contribution in [2.75, 3.05) is 0 Å². The summed E-state index contributed by atoms with van der Waals surface area (Å²) >= 11 is 0. The van der Waals surface area contributed by atoms with Crippen molar-refractivity contribution in [3.63, 3.8) is 0 Å². The summed E-state index contributed by atoms with van der Waals surface area (Å²) in [6.45, 7) is 4.18. The lowest BCUT2D eigenvalue weighted by molar-refractivity contribution is 0.618. The quantitative estimate of drug-likeness (QED) is 0.719. The van der Waals surface area contributed by atoms with Crippen LogP contribution in [0.1, 0.15) is 25.5 Å². The van der Waals surface area contributed by atoms with E-state index in [1.54, 1.807) is 6.20 Å². The number of fused-ring (bicyclic) bond motifs is 1.